The van der Waals surface area contributed by atoms with Gasteiger partial charge in [0, 0.05) is 5.56 Å². The second-order valence-electron chi connectivity index (χ2n) is 3.01. The minimum Gasteiger partial charge on any atom is -0.298 e. The molecule has 0 saturated carbocycles. The van der Waals surface area contributed by atoms with E-state index >= 15 is 0 Å². The molecule has 0 aliphatic carbocycles. The minimum atomic E-state index is 0.844. The number of benzene rings is 1. The second kappa shape index (κ2) is 4.05. The highest BCUT2D eigenvalue weighted by Gasteiger charge is 2.02. The lowest BCUT2D eigenvalue weighted by Gasteiger charge is -2.06. The predicted octanol–water partition coefficient (Wildman–Crippen LogP) is 2.76. The normalized spacial score (nSPS) is 9.83. The molecular formula is C11H14O. The fraction of sp³-hybridized carbons (Fsp3) is 0.364. The maximum atomic E-state index is 10.7. The summed E-state index contributed by atoms with van der Waals surface area (Å²) in [4.78, 5) is 10.7. The van der Waals surface area contributed by atoms with Gasteiger partial charge in [0.15, 0.2) is 0 Å². The molecule has 1 nitrogen and oxygen atoms in total. The summed E-state index contributed by atoms with van der Waals surface area (Å²) in [5.41, 5.74) is 3.27. The standard InChI is InChI=1S/C11H14O/c1-3-5-11-9(2)6-4-7-10(11)8-12/h4,6-8H,3,5H2,1-2H3. The molecule has 0 N–H and O–H groups in total. The first kappa shape index (κ1) is 8.98. The summed E-state index contributed by atoms with van der Waals surface area (Å²) in [6.45, 7) is 4.18. The van der Waals surface area contributed by atoms with Crippen LogP contribution in [0.15, 0.2) is 18.2 Å². The Morgan fingerprint density at radius 2 is 2.17 bits per heavy atom. The Morgan fingerprint density at radius 3 is 2.75 bits per heavy atom. The van der Waals surface area contributed by atoms with Crippen LogP contribution in [0.25, 0.3) is 0 Å². The number of carbonyl (C=O) groups is 1. The van der Waals surface area contributed by atoms with E-state index in [0.29, 0.717) is 0 Å². The van der Waals surface area contributed by atoms with Crippen LogP contribution in [0.2, 0.25) is 0 Å². The molecule has 1 aromatic rings. The third kappa shape index (κ3) is 1.73. The summed E-state index contributed by atoms with van der Waals surface area (Å²) < 4.78 is 0. The molecule has 0 atom stereocenters. The van der Waals surface area contributed by atoms with Crippen molar-refractivity contribution in [3.05, 3.63) is 34.9 Å². The van der Waals surface area contributed by atoms with E-state index in [1.165, 1.54) is 11.1 Å². The molecular weight excluding hydrogens is 148 g/mol. The number of rotatable bonds is 3. The van der Waals surface area contributed by atoms with Gasteiger partial charge in [0.05, 0.1) is 0 Å². The maximum absolute atomic E-state index is 10.7. The Labute approximate surface area is 73.4 Å². The Bertz CT molecular complexity index is 276. The average molecular weight is 162 g/mol. The zero-order valence-corrected chi connectivity index (χ0v) is 7.63. The van der Waals surface area contributed by atoms with E-state index in [2.05, 4.69) is 19.9 Å². The largest absolute Gasteiger partial charge is 0.298 e. The van der Waals surface area contributed by atoms with E-state index in [9.17, 15) is 4.79 Å². The highest BCUT2D eigenvalue weighted by molar-refractivity contribution is 5.77. The molecule has 12 heavy (non-hydrogen) atoms. The minimum absolute atomic E-state index is 0.844. The van der Waals surface area contributed by atoms with Crippen molar-refractivity contribution < 1.29 is 4.79 Å². The SMILES string of the molecule is CCCc1c(C)cccc1C=O. The fourth-order valence-electron chi connectivity index (χ4n) is 1.43. The van der Waals surface area contributed by atoms with Gasteiger partial charge in [0.25, 0.3) is 0 Å². The van der Waals surface area contributed by atoms with Crippen LogP contribution in [0, 0.1) is 6.92 Å². The van der Waals surface area contributed by atoms with E-state index in [4.69, 9.17) is 0 Å². The Balaban J connectivity index is 3.10. The number of hydrogen-bond donors (Lipinski definition) is 0. The van der Waals surface area contributed by atoms with Crippen molar-refractivity contribution in [3.63, 3.8) is 0 Å². The summed E-state index contributed by atoms with van der Waals surface area (Å²) in [6, 6.07) is 5.86. The van der Waals surface area contributed by atoms with Crippen molar-refractivity contribution in [2.45, 2.75) is 26.7 Å². The average Bonchev–Trinajstić information content (AvgIpc) is 2.09. The molecule has 0 aliphatic rings. The van der Waals surface area contributed by atoms with Gasteiger partial charge in [-0.3, -0.25) is 4.79 Å². The molecule has 0 heterocycles. The van der Waals surface area contributed by atoms with Gasteiger partial charge in [-0.1, -0.05) is 31.5 Å². The third-order valence-electron chi connectivity index (χ3n) is 2.07. The molecule has 0 fully saturated rings. The maximum Gasteiger partial charge on any atom is 0.150 e. The smallest absolute Gasteiger partial charge is 0.150 e. The topological polar surface area (TPSA) is 17.1 Å². The van der Waals surface area contributed by atoms with E-state index in [0.717, 1.165) is 24.7 Å². The lowest BCUT2D eigenvalue weighted by molar-refractivity contribution is 0.112. The van der Waals surface area contributed by atoms with Crippen LogP contribution in [0.5, 0.6) is 0 Å². The number of aldehydes is 1. The third-order valence-corrected chi connectivity index (χ3v) is 2.07. The van der Waals surface area contributed by atoms with E-state index in [-0.39, 0.29) is 0 Å². The van der Waals surface area contributed by atoms with Crippen molar-refractivity contribution in [1.29, 1.82) is 0 Å². The van der Waals surface area contributed by atoms with Crippen LogP contribution in [-0.2, 0) is 6.42 Å². The monoisotopic (exact) mass is 162 g/mol. The van der Waals surface area contributed by atoms with Gasteiger partial charge in [0.2, 0.25) is 0 Å². The van der Waals surface area contributed by atoms with Crippen LogP contribution >= 0.6 is 0 Å². The zero-order chi connectivity index (χ0) is 8.97. The van der Waals surface area contributed by atoms with Gasteiger partial charge in [-0.05, 0) is 24.5 Å². The van der Waals surface area contributed by atoms with Crippen molar-refractivity contribution in [3.8, 4) is 0 Å². The van der Waals surface area contributed by atoms with Gasteiger partial charge in [-0.25, -0.2) is 0 Å². The molecule has 0 aliphatic heterocycles. The van der Waals surface area contributed by atoms with Crippen LogP contribution in [-0.4, -0.2) is 6.29 Å². The zero-order valence-electron chi connectivity index (χ0n) is 7.63. The quantitative estimate of drug-likeness (QED) is 0.624. The number of aryl methyl sites for hydroxylation is 1. The second-order valence-corrected chi connectivity index (χ2v) is 3.01. The Hall–Kier alpha value is -1.11. The summed E-state index contributed by atoms with van der Waals surface area (Å²) in [5.74, 6) is 0. The number of hydrogen-bond acceptors (Lipinski definition) is 1. The first-order valence-corrected chi connectivity index (χ1v) is 4.33. The molecule has 0 amide bonds. The summed E-state index contributed by atoms with van der Waals surface area (Å²) >= 11 is 0. The first-order chi connectivity index (χ1) is 5.79. The van der Waals surface area contributed by atoms with Gasteiger partial charge in [-0.2, -0.15) is 0 Å². The van der Waals surface area contributed by atoms with Crippen molar-refractivity contribution in [2.75, 3.05) is 0 Å². The molecule has 0 spiro atoms. The summed E-state index contributed by atoms with van der Waals surface area (Å²) in [6.07, 6.45) is 3.03. The van der Waals surface area contributed by atoms with E-state index < -0.39 is 0 Å². The lowest BCUT2D eigenvalue weighted by Crippen LogP contribution is -1.95. The van der Waals surface area contributed by atoms with Crippen molar-refractivity contribution in [1.82, 2.24) is 0 Å². The fourth-order valence-corrected chi connectivity index (χ4v) is 1.43. The van der Waals surface area contributed by atoms with Gasteiger partial charge < -0.3 is 0 Å². The molecule has 0 unspecified atom stereocenters. The molecule has 64 valence electrons. The van der Waals surface area contributed by atoms with Crippen molar-refractivity contribution >= 4 is 6.29 Å². The molecule has 0 radical (unpaired) electrons. The van der Waals surface area contributed by atoms with E-state index in [1.54, 1.807) is 0 Å². The lowest BCUT2D eigenvalue weighted by atomic mass is 9.99. The predicted molar refractivity (Wildman–Crippen MR) is 50.6 cm³/mol. The van der Waals surface area contributed by atoms with Gasteiger partial charge in [-0.15, -0.1) is 0 Å². The highest BCUT2D eigenvalue weighted by Crippen LogP contribution is 2.14. The molecule has 0 bridgehead atoms. The van der Waals surface area contributed by atoms with E-state index in [1.807, 2.05) is 12.1 Å². The molecule has 1 heteroatoms. The Morgan fingerprint density at radius 1 is 1.42 bits per heavy atom. The first-order valence-electron chi connectivity index (χ1n) is 4.33. The molecule has 1 aromatic carbocycles. The molecule has 1 rings (SSSR count). The molecule has 0 saturated heterocycles. The molecule has 0 aromatic heterocycles. The van der Waals surface area contributed by atoms with Gasteiger partial charge >= 0.3 is 0 Å². The van der Waals surface area contributed by atoms with Gasteiger partial charge in [0.1, 0.15) is 6.29 Å². The Kier molecular flexibility index (Phi) is 3.03. The summed E-state index contributed by atoms with van der Waals surface area (Å²) in [5, 5.41) is 0. The van der Waals surface area contributed by atoms with Crippen LogP contribution in [0.4, 0.5) is 0 Å². The highest BCUT2D eigenvalue weighted by atomic mass is 16.1. The summed E-state index contributed by atoms with van der Waals surface area (Å²) in [7, 11) is 0. The van der Waals surface area contributed by atoms with Crippen LogP contribution < -0.4 is 0 Å². The van der Waals surface area contributed by atoms with Crippen LogP contribution in [0.3, 0.4) is 0 Å². The van der Waals surface area contributed by atoms with Crippen LogP contribution in [0.1, 0.15) is 34.8 Å². The van der Waals surface area contributed by atoms with Crippen molar-refractivity contribution in [2.24, 2.45) is 0 Å². The number of carbonyl (C=O) groups excluding carboxylic acids is 1.